The molecule has 1 aromatic carbocycles. The number of sulfone groups is 1. The lowest BCUT2D eigenvalue weighted by Gasteiger charge is -2.08. The number of para-hydroxylation sites is 1. The summed E-state index contributed by atoms with van der Waals surface area (Å²) >= 11 is 2.73. The number of rotatable bonds is 7. The van der Waals surface area contributed by atoms with Gasteiger partial charge < -0.3 is 9.73 Å². The van der Waals surface area contributed by atoms with Gasteiger partial charge in [-0.2, -0.15) is 0 Å². The molecule has 2 heterocycles. The molecule has 2 aromatic rings. The number of anilines is 1. The Morgan fingerprint density at radius 2 is 2.15 bits per heavy atom. The van der Waals surface area contributed by atoms with E-state index in [0.29, 0.717) is 24.0 Å². The van der Waals surface area contributed by atoms with Crippen LogP contribution in [0.2, 0.25) is 0 Å². The van der Waals surface area contributed by atoms with Crippen molar-refractivity contribution in [3.05, 3.63) is 30.2 Å². The highest BCUT2D eigenvalue weighted by Crippen LogP contribution is 2.26. The summed E-state index contributed by atoms with van der Waals surface area (Å²) in [5.74, 6) is 0.855. The number of carbonyl (C=O) groups excluding carboxylic acids is 1. The third-order valence-corrected chi connectivity index (χ3v) is 7.40. The molecule has 1 N–H and O–H groups in total. The fourth-order valence-electron chi connectivity index (χ4n) is 2.72. The maximum Gasteiger partial charge on any atom is 0.277 e. The first kappa shape index (κ1) is 19.2. The first-order chi connectivity index (χ1) is 12.4. The van der Waals surface area contributed by atoms with Crippen molar-refractivity contribution >= 4 is 45.0 Å². The second-order valence-electron chi connectivity index (χ2n) is 5.97. The number of amides is 1. The molecule has 0 saturated carbocycles. The van der Waals surface area contributed by atoms with Gasteiger partial charge in [0.05, 0.1) is 22.9 Å². The monoisotopic (exact) mass is 413 g/mol. The van der Waals surface area contributed by atoms with Crippen molar-refractivity contribution < 1.29 is 17.6 Å². The Balaban J connectivity index is 1.49. The molecule has 0 bridgehead atoms. The van der Waals surface area contributed by atoms with E-state index in [1.165, 1.54) is 0 Å². The van der Waals surface area contributed by atoms with Crippen LogP contribution in [0.5, 0.6) is 0 Å². The van der Waals surface area contributed by atoms with Gasteiger partial charge in [0, 0.05) is 11.3 Å². The molecule has 10 heteroatoms. The lowest BCUT2D eigenvalue weighted by Crippen LogP contribution is -2.14. The van der Waals surface area contributed by atoms with Crippen LogP contribution in [0.4, 0.5) is 5.69 Å². The van der Waals surface area contributed by atoms with Crippen molar-refractivity contribution in [2.75, 3.05) is 28.8 Å². The number of hydrogen-bond acceptors (Lipinski definition) is 8. The Hall–Kier alpha value is -1.52. The molecule has 1 aromatic heterocycles. The van der Waals surface area contributed by atoms with Gasteiger partial charge in [-0.15, -0.1) is 22.0 Å². The van der Waals surface area contributed by atoms with Crippen molar-refractivity contribution in [1.29, 1.82) is 0 Å². The molecule has 0 aliphatic carbocycles. The number of benzene rings is 1. The Bertz CT molecular complexity index is 882. The average molecular weight is 414 g/mol. The Labute approximate surface area is 160 Å². The molecule has 3 rings (SSSR count). The second-order valence-corrected chi connectivity index (χ2v) is 9.98. The Kier molecular flexibility index (Phi) is 6.25. The highest BCUT2D eigenvalue weighted by atomic mass is 32.2. The maximum absolute atomic E-state index is 12.1. The normalized spacial score (nSPS) is 18.7. The Morgan fingerprint density at radius 3 is 2.88 bits per heavy atom. The van der Waals surface area contributed by atoms with Crippen LogP contribution in [-0.2, 0) is 21.1 Å². The van der Waals surface area contributed by atoms with Crippen LogP contribution in [0.15, 0.2) is 38.8 Å². The van der Waals surface area contributed by atoms with Gasteiger partial charge in [-0.25, -0.2) is 8.42 Å². The van der Waals surface area contributed by atoms with E-state index in [2.05, 4.69) is 15.5 Å². The zero-order chi connectivity index (χ0) is 18.6. The first-order valence-electron chi connectivity index (χ1n) is 8.03. The van der Waals surface area contributed by atoms with Crippen molar-refractivity contribution in [3.8, 4) is 0 Å². The molecule has 0 radical (unpaired) electrons. The van der Waals surface area contributed by atoms with Gasteiger partial charge in [0.15, 0.2) is 9.84 Å². The largest absolute Gasteiger partial charge is 0.416 e. The molecule has 140 valence electrons. The van der Waals surface area contributed by atoms with E-state index in [0.717, 1.165) is 22.3 Å². The summed E-state index contributed by atoms with van der Waals surface area (Å²) in [6.07, 6.45) is 3.04. The van der Waals surface area contributed by atoms with Gasteiger partial charge in [0.1, 0.15) is 0 Å². The van der Waals surface area contributed by atoms with E-state index in [1.807, 2.05) is 30.5 Å². The number of carbonyl (C=O) groups is 1. The summed E-state index contributed by atoms with van der Waals surface area (Å²) in [5.41, 5.74) is 0.777. The minimum atomic E-state index is -2.92. The smallest absolute Gasteiger partial charge is 0.277 e. The lowest BCUT2D eigenvalue weighted by molar-refractivity contribution is -0.113. The molecule has 1 fully saturated rings. The third-order valence-electron chi connectivity index (χ3n) is 3.95. The van der Waals surface area contributed by atoms with E-state index >= 15 is 0 Å². The van der Waals surface area contributed by atoms with Gasteiger partial charge in [-0.1, -0.05) is 23.9 Å². The van der Waals surface area contributed by atoms with Crippen LogP contribution in [-0.4, -0.2) is 48.0 Å². The van der Waals surface area contributed by atoms with Gasteiger partial charge in [0.25, 0.3) is 5.22 Å². The molecule has 1 aliphatic heterocycles. The predicted molar refractivity (Wildman–Crippen MR) is 102 cm³/mol. The predicted octanol–water partition coefficient (Wildman–Crippen LogP) is 2.50. The minimum absolute atomic E-state index is 0.0321. The van der Waals surface area contributed by atoms with E-state index in [9.17, 15) is 13.2 Å². The average Bonchev–Trinajstić information content (AvgIpc) is 3.19. The number of nitrogens with one attached hydrogen (secondary N) is 1. The van der Waals surface area contributed by atoms with Gasteiger partial charge in [-0.3, -0.25) is 4.79 Å². The maximum atomic E-state index is 12.1. The summed E-state index contributed by atoms with van der Waals surface area (Å²) in [6, 6.07) is 7.59. The molecule has 1 atom stereocenters. The van der Waals surface area contributed by atoms with E-state index < -0.39 is 9.84 Å². The summed E-state index contributed by atoms with van der Waals surface area (Å²) in [7, 11) is -2.92. The standard InChI is InChI=1S/C16H19N3O4S3/c1-24-13-5-3-2-4-12(13)17-14(20)9-25-16-19-18-15(23-16)8-11-6-7-26(21,22)10-11/h2-5,11H,6-10H2,1H3,(H,17,20)/t11-/m0/s1. The fourth-order valence-corrected chi connectivity index (χ4v) is 5.72. The molecular formula is C16H19N3O4S3. The zero-order valence-corrected chi connectivity index (χ0v) is 16.6. The number of aromatic nitrogens is 2. The second kappa shape index (κ2) is 8.45. The van der Waals surface area contributed by atoms with Crippen molar-refractivity contribution in [2.24, 2.45) is 5.92 Å². The van der Waals surface area contributed by atoms with Crippen LogP contribution >= 0.6 is 23.5 Å². The third kappa shape index (κ3) is 5.24. The number of thioether (sulfide) groups is 2. The van der Waals surface area contributed by atoms with Crippen molar-refractivity contribution in [1.82, 2.24) is 10.2 Å². The van der Waals surface area contributed by atoms with Gasteiger partial charge in [0.2, 0.25) is 11.8 Å². The van der Waals surface area contributed by atoms with Gasteiger partial charge >= 0.3 is 0 Å². The SMILES string of the molecule is CSc1ccccc1NC(=O)CSc1nnc(C[C@@H]2CCS(=O)(=O)C2)o1. The van der Waals surface area contributed by atoms with E-state index in [1.54, 1.807) is 11.8 Å². The topological polar surface area (TPSA) is 102 Å². The van der Waals surface area contributed by atoms with Crippen LogP contribution in [0.1, 0.15) is 12.3 Å². The van der Waals surface area contributed by atoms with Crippen LogP contribution in [0.3, 0.4) is 0 Å². The lowest BCUT2D eigenvalue weighted by atomic mass is 10.1. The molecule has 26 heavy (non-hydrogen) atoms. The number of hydrogen-bond donors (Lipinski definition) is 1. The van der Waals surface area contributed by atoms with Crippen LogP contribution in [0.25, 0.3) is 0 Å². The van der Waals surface area contributed by atoms with Crippen LogP contribution in [0, 0.1) is 5.92 Å². The summed E-state index contributed by atoms with van der Waals surface area (Å²) in [4.78, 5) is 13.1. The highest BCUT2D eigenvalue weighted by molar-refractivity contribution is 7.99. The first-order valence-corrected chi connectivity index (χ1v) is 12.1. The minimum Gasteiger partial charge on any atom is -0.416 e. The number of nitrogens with zero attached hydrogens (tertiary/aromatic N) is 2. The molecular weight excluding hydrogens is 394 g/mol. The van der Waals surface area contributed by atoms with Crippen molar-refractivity contribution in [3.63, 3.8) is 0 Å². The summed E-state index contributed by atoms with van der Waals surface area (Å²) < 4.78 is 28.5. The zero-order valence-electron chi connectivity index (χ0n) is 14.2. The van der Waals surface area contributed by atoms with Crippen LogP contribution < -0.4 is 5.32 Å². The van der Waals surface area contributed by atoms with E-state index in [4.69, 9.17) is 4.42 Å². The Morgan fingerprint density at radius 1 is 1.35 bits per heavy atom. The van der Waals surface area contributed by atoms with Gasteiger partial charge in [-0.05, 0) is 30.7 Å². The summed E-state index contributed by atoms with van der Waals surface area (Å²) in [6.45, 7) is 0. The molecule has 0 spiro atoms. The van der Waals surface area contributed by atoms with Crippen molar-refractivity contribution in [2.45, 2.75) is 23.0 Å². The molecule has 1 aliphatic rings. The summed E-state index contributed by atoms with van der Waals surface area (Å²) in [5, 5.41) is 11.1. The molecule has 1 saturated heterocycles. The molecule has 1 amide bonds. The van der Waals surface area contributed by atoms with E-state index in [-0.39, 0.29) is 29.1 Å². The fraction of sp³-hybridized carbons (Fsp3) is 0.438. The molecule has 0 unspecified atom stereocenters. The highest BCUT2D eigenvalue weighted by Gasteiger charge is 2.29. The molecule has 7 nitrogen and oxygen atoms in total. The quantitative estimate of drug-likeness (QED) is 0.691.